The van der Waals surface area contributed by atoms with Crippen molar-refractivity contribution in [3.63, 3.8) is 0 Å². The van der Waals surface area contributed by atoms with Crippen LogP contribution in [0.3, 0.4) is 0 Å². The molecule has 1 fully saturated rings. The fourth-order valence-electron chi connectivity index (χ4n) is 5.96. The number of rotatable bonds is 7. The summed E-state index contributed by atoms with van der Waals surface area (Å²) in [5.41, 5.74) is 6.92. The van der Waals surface area contributed by atoms with E-state index in [-0.39, 0.29) is 23.9 Å². The monoisotopic (exact) mass is 497 g/mol. The first-order valence-corrected chi connectivity index (χ1v) is 13.1. The van der Waals surface area contributed by atoms with Crippen molar-refractivity contribution in [1.29, 1.82) is 0 Å². The van der Waals surface area contributed by atoms with Crippen LogP contribution in [0.15, 0.2) is 60.7 Å². The Hall–Kier alpha value is -3.80. The molecule has 2 aliphatic heterocycles. The Morgan fingerprint density at radius 2 is 1.89 bits per heavy atom. The Morgan fingerprint density at radius 3 is 2.73 bits per heavy atom. The molecule has 0 spiro atoms. The van der Waals surface area contributed by atoms with E-state index in [1.54, 1.807) is 0 Å². The third-order valence-electron chi connectivity index (χ3n) is 7.84. The summed E-state index contributed by atoms with van der Waals surface area (Å²) in [5, 5.41) is 0. The van der Waals surface area contributed by atoms with Crippen LogP contribution in [-0.4, -0.2) is 32.1 Å². The molecule has 6 heteroatoms. The zero-order chi connectivity index (χ0) is 25.4. The predicted octanol–water partition coefficient (Wildman–Crippen LogP) is 5.98. The molecule has 1 amide bonds. The van der Waals surface area contributed by atoms with Crippen molar-refractivity contribution in [1.82, 2.24) is 0 Å². The number of carbonyl (C=O) groups is 2. The highest BCUT2D eigenvalue weighted by molar-refractivity contribution is 5.99. The van der Waals surface area contributed by atoms with Crippen LogP contribution < -0.4 is 14.4 Å². The zero-order valence-electron chi connectivity index (χ0n) is 21.1. The molecule has 0 bridgehead atoms. The van der Waals surface area contributed by atoms with Crippen molar-refractivity contribution < 1.29 is 23.8 Å². The smallest absolute Gasteiger partial charge is 0.305 e. The fraction of sp³-hybridized carbons (Fsp3) is 0.355. The molecule has 0 aromatic heterocycles. The normalized spacial score (nSPS) is 19.9. The Kier molecular flexibility index (Phi) is 6.33. The van der Waals surface area contributed by atoms with Crippen LogP contribution in [0, 0.1) is 0 Å². The average molecular weight is 498 g/mol. The molecule has 3 aliphatic rings. The second kappa shape index (κ2) is 9.92. The van der Waals surface area contributed by atoms with Gasteiger partial charge in [-0.25, -0.2) is 0 Å². The number of nitrogens with zero attached hydrogens (tertiary/aromatic N) is 1. The lowest BCUT2D eigenvalue weighted by Gasteiger charge is -2.21. The summed E-state index contributed by atoms with van der Waals surface area (Å²) in [5.74, 6) is 1.83. The number of ether oxygens (including phenoxy) is 3. The van der Waals surface area contributed by atoms with E-state index in [1.165, 1.54) is 23.8 Å². The van der Waals surface area contributed by atoms with Gasteiger partial charge in [-0.3, -0.25) is 9.59 Å². The average Bonchev–Trinajstić information content (AvgIpc) is 3.65. The fourth-order valence-corrected chi connectivity index (χ4v) is 5.96. The number of amides is 1. The topological polar surface area (TPSA) is 65.1 Å². The lowest BCUT2D eigenvalue weighted by atomic mass is 9.95. The van der Waals surface area contributed by atoms with Crippen molar-refractivity contribution in [2.45, 2.75) is 50.5 Å². The van der Waals surface area contributed by atoms with Crippen LogP contribution >= 0.6 is 0 Å². The molecule has 0 N–H and O–H groups in total. The van der Waals surface area contributed by atoms with Crippen molar-refractivity contribution >= 4 is 17.6 Å². The highest BCUT2D eigenvalue weighted by Gasteiger charge is 2.30. The van der Waals surface area contributed by atoms with Gasteiger partial charge in [0.05, 0.1) is 19.4 Å². The summed E-state index contributed by atoms with van der Waals surface area (Å²) < 4.78 is 17.2. The number of hydrogen-bond acceptors (Lipinski definition) is 5. The number of hydrogen-bond donors (Lipinski definition) is 0. The molecule has 1 saturated heterocycles. The molecule has 0 saturated carbocycles. The summed E-state index contributed by atoms with van der Waals surface area (Å²) in [6.45, 7) is 1.35. The zero-order valence-corrected chi connectivity index (χ0v) is 21.1. The van der Waals surface area contributed by atoms with E-state index in [9.17, 15) is 9.59 Å². The Morgan fingerprint density at radius 1 is 1.03 bits per heavy atom. The van der Waals surface area contributed by atoms with E-state index in [2.05, 4.69) is 36.4 Å². The molecule has 6 rings (SSSR count). The van der Waals surface area contributed by atoms with Crippen LogP contribution in [0.5, 0.6) is 11.5 Å². The number of para-hydroxylation sites is 1. The molecule has 2 unspecified atom stereocenters. The first-order valence-electron chi connectivity index (χ1n) is 13.1. The quantitative estimate of drug-likeness (QED) is 0.376. The number of benzene rings is 3. The standard InChI is InChI=1S/C31H31NO5/c1-35-31(34)16-11-20-19-36-29-18-21(12-13-22(20)29)37-28-15-14-24-23(7-4-8-26(24)28)25-6-2-3-9-27(25)32-17-5-10-30(32)33/h2-4,6-9,12-13,18,20,28H,5,10-11,14-17,19H2,1H3. The maximum atomic E-state index is 12.5. The summed E-state index contributed by atoms with van der Waals surface area (Å²) in [6.07, 6.45) is 4.42. The number of carbonyl (C=O) groups excluding carboxylic acids is 2. The third kappa shape index (κ3) is 4.45. The minimum absolute atomic E-state index is 0.0369. The van der Waals surface area contributed by atoms with E-state index in [4.69, 9.17) is 14.2 Å². The molecule has 0 radical (unpaired) electrons. The van der Waals surface area contributed by atoms with Gasteiger partial charge in [0, 0.05) is 42.5 Å². The molecule has 2 atom stereocenters. The van der Waals surface area contributed by atoms with Crippen LogP contribution in [0.1, 0.15) is 60.8 Å². The number of esters is 1. The van der Waals surface area contributed by atoms with Gasteiger partial charge in [0.15, 0.2) is 0 Å². The number of fused-ring (bicyclic) bond motifs is 2. The van der Waals surface area contributed by atoms with Crippen molar-refractivity contribution in [3.8, 4) is 22.6 Å². The molecule has 190 valence electrons. The molecular weight excluding hydrogens is 466 g/mol. The van der Waals surface area contributed by atoms with Crippen molar-refractivity contribution in [2.75, 3.05) is 25.2 Å². The molecule has 1 aliphatic carbocycles. The van der Waals surface area contributed by atoms with Gasteiger partial charge < -0.3 is 19.1 Å². The Bertz CT molecular complexity index is 1350. The van der Waals surface area contributed by atoms with Crippen LogP contribution in [0.25, 0.3) is 11.1 Å². The largest absolute Gasteiger partial charge is 0.493 e. The maximum absolute atomic E-state index is 12.5. The SMILES string of the molecule is COC(=O)CCC1COc2cc(OC3CCc4c(-c5ccccc5N5CCCC5=O)cccc43)ccc21. The molecule has 6 nitrogen and oxygen atoms in total. The first-order chi connectivity index (χ1) is 18.1. The Balaban J connectivity index is 1.23. The molecule has 37 heavy (non-hydrogen) atoms. The van der Waals surface area contributed by atoms with E-state index >= 15 is 0 Å². The maximum Gasteiger partial charge on any atom is 0.305 e. The van der Waals surface area contributed by atoms with Gasteiger partial charge in [0.1, 0.15) is 17.6 Å². The highest BCUT2D eigenvalue weighted by Crippen LogP contribution is 2.44. The molecular formula is C31H31NO5. The summed E-state index contributed by atoms with van der Waals surface area (Å²) in [6, 6.07) is 20.7. The van der Waals surface area contributed by atoms with Gasteiger partial charge in [-0.05, 0) is 54.5 Å². The lowest BCUT2D eigenvalue weighted by molar-refractivity contribution is -0.140. The van der Waals surface area contributed by atoms with Crippen LogP contribution in [-0.2, 0) is 20.7 Å². The third-order valence-corrected chi connectivity index (χ3v) is 7.84. The number of anilines is 1. The van der Waals surface area contributed by atoms with Crippen molar-refractivity contribution in [3.05, 3.63) is 77.4 Å². The summed E-state index contributed by atoms with van der Waals surface area (Å²) >= 11 is 0. The van der Waals surface area contributed by atoms with Gasteiger partial charge in [-0.1, -0.05) is 42.5 Å². The van der Waals surface area contributed by atoms with Crippen molar-refractivity contribution in [2.24, 2.45) is 0 Å². The van der Waals surface area contributed by atoms with Gasteiger partial charge in [-0.15, -0.1) is 0 Å². The molecule has 3 aromatic carbocycles. The minimum atomic E-state index is -0.192. The highest BCUT2D eigenvalue weighted by atomic mass is 16.5. The van der Waals surface area contributed by atoms with E-state index in [0.717, 1.165) is 54.1 Å². The van der Waals surface area contributed by atoms with Crippen LogP contribution in [0.2, 0.25) is 0 Å². The lowest BCUT2D eigenvalue weighted by Crippen LogP contribution is -2.24. The molecule has 2 heterocycles. The predicted molar refractivity (Wildman–Crippen MR) is 141 cm³/mol. The molecule has 3 aromatic rings. The second-order valence-corrected chi connectivity index (χ2v) is 10.0. The number of methoxy groups -OCH3 is 1. The summed E-state index contributed by atoms with van der Waals surface area (Å²) in [7, 11) is 1.42. The Labute approximate surface area is 217 Å². The van der Waals surface area contributed by atoms with Gasteiger partial charge >= 0.3 is 5.97 Å². The van der Waals surface area contributed by atoms with Gasteiger partial charge in [0.2, 0.25) is 5.91 Å². The van der Waals surface area contributed by atoms with E-state index < -0.39 is 0 Å². The van der Waals surface area contributed by atoms with E-state index in [0.29, 0.717) is 25.9 Å². The van der Waals surface area contributed by atoms with Crippen LogP contribution in [0.4, 0.5) is 5.69 Å². The van der Waals surface area contributed by atoms with Gasteiger partial charge in [-0.2, -0.15) is 0 Å². The van der Waals surface area contributed by atoms with Gasteiger partial charge in [0.25, 0.3) is 0 Å². The second-order valence-electron chi connectivity index (χ2n) is 10.0. The first kappa shape index (κ1) is 23.6. The minimum Gasteiger partial charge on any atom is -0.493 e. The van der Waals surface area contributed by atoms with E-state index in [1.807, 2.05) is 29.2 Å². The summed E-state index contributed by atoms with van der Waals surface area (Å²) in [4.78, 5) is 26.0.